The minimum Gasteiger partial charge on any atom is -0.481 e. The molecule has 2 aromatic rings. The van der Waals surface area contributed by atoms with Crippen LogP contribution in [0.25, 0.3) is 5.69 Å². The number of carboxylic acid groups (broad SMARTS) is 1. The largest absolute Gasteiger partial charge is 0.481 e. The molecule has 1 aromatic heterocycles. The molecule has 20 heavy (non-hydrogen) atoms. The molecule has 1 heterocycles. The van der Waals surface area contributed by atoms with E-state index in [2.05, 4.69) is 28.0 Å². The molecule has 1 aromatic carbocycles. The lowest BCUT2D eigenvalue weighted by molar-refractivity contribution is -0.133. The first-order valence-electron chi connectivity index (χ1n) is 6.29. The normalized spacial score (nSPS) is 10.7. The number of benzene rings is 1. The lowest BCUT2D eigenvalue weighted by Crippen LogP contribution is -2.02. The molecule has 0 radical (unpaired) electrons. The van der Waals surface area contributed by atoms with E-state index in [9.17, 15) is 4.79 Å². The molecule has 0 fully saturated rings. The summed E-state index contributed by atoms with van der Waals surface area (Å²) in [4.78, 5) is 10.7. The van der Waals surface area contributed by atoms with Gasteiger partial charge in [-0.2, -0.15) is 5.10 Å². The number of rotatable bonds is 6. The van der Waals surface area contributed by atoms with Gasteiger partial charge in [0.1, 0.15) is 5.03 Å². The zero-order chi connectivity index (χ0) is 14.5. The highest BCUT2D eigenvalue weighted by Gasteiger charge is 2.11. The predicted molar refractivity (Wildman–Crippen MR) is 83.6 cm³/mol. The second-order valence-electron chi connectivity index (χ2n) is 4.29. The van der Waals surface area contributed by atoms with Crippen molar-refractivity contribution in [1.82, 2.24) is 9.78 Å². The quantitative estimate of drug-likeness (QED) is 0.802. The maximum Gasteiger partial charge on any atom is 0.313 e. The third-order valence-electron chi connectivity index (χ3n) is 2.65. The highest BCUT2D eigenvalue weighted by atomic mass is 79.9. The molecule has 0 bridgehead atoms. The first-order chi connectivity index (χ1) is 9.60. The number of hydrogen-bond acceptors (Lipinski definition) is 3. The molecule has 0 aliphatic heterocycles. The number of hydrogen-bond donors (Lipinski definition) is 1. The zero-order valence-corrected chi connectivity index (χ0v) is 13.4. The molecule has 0 aliphatic carbocycles. The highest BCUT2D eigenvalue weighted by Crippen LogP contribution is 2.24. The van der Waals surface area contributed by atoms with Crippen molar-refractivity contribution in [1.29, 1.82) is 0 Å². The van der Waals surface area contributed by atoms with Gasteiger partial charge in [0.25, 0.3) is 0 Å². The molecule has 2 rings (SSSR count). The Morgan fingerprint density at radius 2 is 2.10 bits per heavy atom. The molecule has 6 heteroatoms. The van der Waals surface area contributed by atoms with E-state index in [1.54, 1.807) is 0 Å². The fourth-order valence-electron chi connectivity index (χ4n) is 1.79. The Labute approximate surface area is 130 Å². The Morgan fingerprint density at radius 3 is 2.70 bits per heavy atom. The summed E-state index contributed by atoms with van der Waals surface area (Å²) in [5, 5.41) is 14.3. The predicted octanol–water partition coefficient (Wildman–Crippen LogP) is 3.76. The maximum absolute atomic E-state index is 10.7. The van der Waals surface area contributed by atoms with Crippen molar-refractivity contribution < 1.29 is 9.90 Å². The SMILES string of the molecule is CCCc1cc(SCC(=O)O)n(-c2ccc(Br)cc2)n1. The van der Waals surface area contributed by atoms with E-state index in [0.29, 0.717) is 0 Å². The molecule has 0 saturated carbocycles. The van der Waals surface area contributed by atoms with Crippen molar-refractivity contribution in [2.24, 2.45) is 0 Å². The summed E-state index contributed by atoms with van der Waals surface area (Å²) < 4.78 is 2.81. The number of aromatic nitrogens is 2. The third kappa shape index (κ3) is 3.86. The summed E-state index contributed by atoms with van der Waals surface area (Å²) in [5.74, 6) is -0.788. The van der Waals surface area contributed by atoms with Crippen LogP contribution in [0.2, 0.25) is 0 Å². The van der Waals surface area contributed by atoms with E-state index in [4.69, 9.17) is 5.11 Å². The summed E-state index contributed by atoms with van der Waals surface area (Å²) in [6.07, 6.45) is 1.91. The van der Waals surface area contributed by atoms with E-state index in [1.807, 2.05) is 35.0 Å². The molecule has 0 saturated heterocycles. The van der Waals surface area contributed by atoms with Crippen molar-refractivity contribution >= 4 is 33.7 Å². The summed E-state index contributed by atoms with van der Waals surface area (Å²) in [5.41, 5.74) is 1.92. The average molecular weight is 355 g/mol. The van der Waals surface area contributed by atoms with E-state index in [0.717, 1.165) is 33.7 Å². The van der Waals surface area contributed by atoms with Gasteiger partial charge < -0.3 is 5.11 Å². The van der Waals surface area contributed by atoms with E-state index >= 15 is 0 Å². The fourth-order valence-corrected chi connectivity index (χ4v) is 2.82. The van der Waals surface area contributed by atoms with Crippen molar-refractivity contribution in [3.05, 3.63) is 40.5 Å². The Kier molecular flexibility index (Phi) is 5.25. The molecule has 0 unspecified atom stereocenters. The van der Waals surface area contributed by atoms with Crippen LogP contribution in [0.3, 0.4) is 0 Å². The molecular formula is C14H15BrN2O2S. The highest BCUT2D eigenvalue weighted by molar-refractivity contribution is 9.10. The number of halogens is 1. The minimum atomic E-state index is -0.824. The van der Waals surface area contributed by atoms with Crippen LogP contribution in [0.4, 0.5) is 0 Å². The van der Waals surface area contributed by atoms with Crippen LogP contribution in [0.5, 0.6) is 0 Å². The zero-order valence-electron chi connectivity index (χ0n) is 11.0. The van der Waals surface area contributed by atoms with Gasteiger partial charge in [0.15, 0.2) is 0 Å². The monoisotopic (exact) mass is 354 g/mol. The van der Waals surface area contributed by atoms with Gasteiger partial charge in [-0.3, -0.25) is 4.79 Å². The van der Waals surface area contributed by atoms with Gasteiger partial charge >= 0.3 is 5.97 Å². The van der Waals surface area contributed by atoms with E-state index < -0.39 is 5.97 Å². The van der Waals surface area contributed by atoms with Gasteiger partial charge in [0, 0.05) is 4.47 Å². The number of aliphatic carboxylic acids is 1. The van der Waals surface area contributed by atoms with Gasteiger partial charge in [-0.15, -0.1) is 0 Å². The van der Waals surface area contributed by atoms with Crippen LogP contribution in [-0.4, -0.2) is 26.6 Å². The van der Waals surface area contributed by atoms with Crippen LogP contribution < -0.4 is 0 Å². The lowest BCUT2D eigenvalue weighted by Gasteiger charge is -2.06. The molecule has 106 valence electrons. The first-order valence-corrected chi connectivity index (χ1v) is 8.07. The summed E-state index contributed by atoms with van der Waals surface area (Å²) >= 11 is 4.69. The Morgan fingerprint density at radius 1 is 1.40 bits per heavy atom. The summed E-state index contributed by atoms with van der Waals surface area (Å²) in [6.45, 7) is 2.10. The van der Waals surface area contributed by atoms with Crippen LogP contribution in [0.1, 0.15) is 19.0 Å². The molecular weight excluding hydrogens is 340 g/mol. The number of carbonyl (C=O) groups is 1. The van der Waals surface area contributed by atoms with Crippen LogP contribution in [0.15, 0.2) is 39.8 Å². The molecule has 4 nitrogen and oxygen atoms in total. The van der Waals surface area contributed by atoms with Gasteiger partial charge in [-0.1, -0.05) is 41.0 Å². The van der Waals surface area contributed by atoms with Crippen molar-refractivity contribution in [2.45, 2.75) is 24.8 Å². The second kappa shape index (κ2) is 6.95. The first kappa shape index (κ1) is 15.1. The number of carboxylic acids is 1. The van der Waals surface area contributed by atoms with Crippen molar-refractivity contribution in [3.63, 3.8) is 0 Å². The minimum absolute atomic E-state index is 0.0355. The molecule has 0 spiro atoms. The Hall–Kier alpha value is -1.27. The smallest absolute Gasteiger partial charge is 0.313 e. The molecule has 0 amide bonds. The van der Waals surface area contributed by atoms with Crippen molar-refractivity contribution in [3.8, 4) is 5.69 Å². The van der Waals surface area contributed by atoms with E-state index in [1.165, 1.54) is 11.8 Å². The lowest BCUT2D eigenvalue weighted by atomic mass is 10.3. The van der Waals surface area contributed by atoms with Gasteiger partial charge in [-0.25, -0.2) is 4.68 Å². The summed E-state index contributed by atoms with van der Waals surface area (Å²) in [7, 11) is 0. The molecule has 1 N–H and O–H groups in total. The standard InChI is InChI=1S/C14H15BrN2O2S/c1-2-3-11-8-13(20-9-14(18)19)17(16-11)12-6-4-10(15)5-7-12/h4-8H,2-3,9H2,1H3,(H,18,19). The second-order valence-corrected chi connectivity index (χ2v) is 6.21. The molecule has 0 atom stereocenters. The Balaban J connectivity index is 2.33. The Bertz CT molecular complexity index is 596. The van der Waals surface area contributed by atoms with Gasteiger partial charge in [0.05, 0.1) is 17.1 Å². The third-order valence-corrected chi connectivity index (χ3v) is 4.15. The van der Waals surface area contributed by atoms with Gasteiger partial charge in [0.2, 0.25) is 0 Å². The number of aryl methyl sites for hydroxylation is 1. The van der Waals surface area contributed by atoms with E-state index in [-0.39, 0.29) is 5.75 Å². The van der Waals surface area contributed by atoms with Crippen LogP contribution in [-0.2, 0) is 11.2 Å². The summed E-state index contributed by atoms with van der Waals surface area (Å²) in [6, 6.07) is 9.78. The van der Waals surface area contributed by atoms with Crippen LogP contribution in [0, 0.1) is 0 Å². The number of nitrogens with zero attached hydrogens (tertiary/aromatic N) is 2. The average Bonchev–Trinajstić information content (AvgIpc) is 2.81. The van der Waals surface area contributed by atoms with Crippen molar-refractivity contribution in [2.75, 3.05) is 5.75 Å². The maximum atomic E-state index is 10.7. The van der Waals surface area contributed by atoms with Crippen LogP contribution >= 0.6 is 27.7 Å². The topological polar surface area (TPSA) is 55.1 Å². The van der Waals surface area contributed by atoms with Gasteiger partial charge in [-0.05, 0) is 36.8 Å². The molecule has 0 aliphatic rings. The number of thioether (sulfide) groups is 1. The fraction of sp³-hybridized carbons (Fsp3) is 0.286.